The lowest BCUT2D eigenvalue weighted by molar-refractivity contribution is 0.1000. The van der Waals surface area contributed by atoms with E-state index in [1.54, 1.807) is 12.1 Å². The van der Waals surface area contributed by atoms with Crippen molar-refractivity contribution >= 4 is 11.7 Å². The van der Waals surface area contributed by atoms with E-state index >= 15 is 0 Å². The van der Waals surface area contributed by atoms with Crippen LogP contribution >= 0.6 is 0 Å². The molecule has 0 radical (unpaired) electrons. The molecular weight excluding hydrogens is 232 g/mol. The Hall–Kier alpha value is -2.37. The maximum absolute atomic E-state index is 10.9. The standard InChI is InChI=1S/C12H14N4O2/c1-7-10(8(2)18-16-7)6-15-11-4-3-9(5-14-11)12(13)17/h3-5H,6H2,1-2H3,(H2,13,17)(H,14,15). The highest BCUT2D eigenvalue weighted by molar-refractivity contribution is 5.92. The molecule has 3 N–H and O–H groups in total. The van der Waals surface area contributed by atoms with Gasteiger partial charge in [0.05, 0.1) is 11.3 Å². The molecule has 6 nitrogen and oxygen atoms in total. The van der Waals surface area contributed by atoms with E-state index in [0.717, 1.165) is 17.0 Å². The van der Waals surface area contributed by atoms with Crippen molar-refractivity contribution in [2.24, 2.45) is 5.73 Å². The van der Waals surface area contributed by atoms with E-state index in [2.05, 4.69) is 15.5 Å². The summed E-state index contributed by atoms with van der Waals surface area (Å²) in [6, 6.07) is 3.34. The summed E-state index contributed by atoms with van der Waals surface area (Å²) in [5.74, 6) is 0.966. The van der Waals surface area contributed by atoms with Crippen molar-refractivity contribution in [2.75, 3.05) is 5.32 Å². The average molecular weight is 246 g/mol. The zero-order chi connectivity index (χ0) is 13.1. The Labute approximate surface area is 104 Å². The summed E-state index contributed by atoms with van der Waals surface area (Å²) in [6.07, 6.45) is 1.44. The molecule has 0 spiro atoms. The Balaban J connectivity index is 2.04. The van der Waals surface area contributed by atoms with E-state index < -0.39 is 5.91 Å². The smallest absolute Gasteiger partial charge is 0.250 e. The van der Waals surface area contributed by atoms with E-state index in [4.69, 9.17) is 10.3 Å². The van der Waals surface area contributed by atoms with Gasteiger partial charge in [0.25, 0.3) is 0 Å². The zero-order valence-electron chi connectivity index (χ0n) is 10.2. The van der Waals surface area contributed by atoms with Gasteiger partial charge in [-0.15, -0.1) is 0 Å². The molecule has 0 saturated carbocycles. The number of aromatic nitrogens is 2. The van der Waals surface area contributed by atoms with Crippen LogP contribution < -0.4 is 11.1 Å². The highest BCUT2D eigenvalue weighted by atomic mass is 16.5. The summed E-state index contributed by atoms with van der Waals surface area (Å²) >= 11 is 0. The number of aryl methyl sites for hydroxylation is 2. The fourth-order valence-corrected chi connectivity index (χ4v) is 1.58. The van der Waals surface area contributed by atoms with Crippen molar-refractivity contribution in [3.05, 3.63) is 40.9 Å². The first-order valence-corrected chi connectivity index (χ1v) is 5.49. The van der Waals surface area contributed by atoms with Crippen molar-refractivity contribution in [3.63, 3.8) is 0 Å². The Morgan fingerprint density at radius 2 is 2.22 bits per heavy atom. The number of nitrogens with one attached hydrogen (secondary N) is 1. The number of primary amides is 1. The second kappa shape index (κ2) is 4.87. The third kappa shape index (κ3) is 2.48. The number of rotatable bonds is 4. The zero-order valence-corrected chi connectivity index (χ0v) is 10.2. The number of carbonyl (C=O) groups excluding carboxylic acids is 1. The highest BCUT2D eigenvalue weighted by Crippen LogP contribution is 2.14. The largest absolute Gasteiger partial charge is 0.366 e. The number of pyridine rings is 1. The van der Waals surface area contributed by atoms with Crippen LogP contribution in [0.25, 0.3) is 0 Å². The van der Waals surface area contributed by atoms with E-state index in [0.29, 0.717) is 17.9 Å². The minimum atomic E-state index is -0.486. The predicted octanol–water partition coefficient (Wildman–Crippen LogP) is 1.40. The van der Waals surface area contributed by atoms with Gasteiger partial charge in [-0.3, -0.25) is 4.79 Å². The predicted molar refractivity (Wildman–Crippen MR) is 66.1 cm³/mol. The normalized spacial score (nSPS) is 10.3. The molecule has 0 aliphatic rings. The molecule has 0 atom stereocenters. The molecule has 94 valence electrons. The van der Waals surface area contributed by atoms with Crippen LogP contribution in [0.5, 0.6) is 0 Å². The second-order valence-electron chi connectivity index (χ2n) is 3.95. The lowest BCUT2D eigenvalue weighted by atomic mass is 10.2. The van der Waals surface area contributed by atoms with Crippen LogP contribution in [0.4, 0.5) is 5.82 Å². The maximum Gasteiger partial charge on any atom is 0.250 e. The van der Waals surface area contributed by atoms with Crippen molar-refractivity contribution in [2.45, 2.75) is 20.4 Å². The first kappa shape index (κ1) is 12.1. The molecule has 2 aromatic heterocycles. The summed E-state index contributed by atoms with van der Waals surface area (Å²) in [6.45, 7) is 4.32. The molecule has 0 aliphatic heterocycles. The Kier molecular flexibility index (Phi) is 3.27. The van der Waals surface area contributed by atoms with Gasteiger partial charge in [-0.25, -0.2) is 4.98 Å². The SMILES string of the molecule is Cc1noc(C)c1CNc1ccc(C(N)=O)cn1. The minimum Gasteiger partial charge on any atom is -0.366 e. The van der Waals surface area contributed by atoms with E-state index in [-0.39, 0.29) is 0 Å². The Bertz CT molecular complexity index is 540. The molecule has 1 amide bonds. The lowest BCUT2D eigenvalue weighted by Gasteiger charge is -2.05. The van der Waals surface area contributed by atoms with Crippen LogP contribution in [0.15, 0.2) is 22.9 Å². The fourth-order valence-electron chi connectivity index (χ4n) is 1.58. The van der Waals surface area contributed by atoms with Gasteiger partial charge in [0.1, 0.15) is 11.6 Å². The van der Waals surface area contributed by atoms with Gasteiger partial charge in [0.15, 0.2) is 0 Å². The summed E-state index contributed by atoms with van der Waals surface area (Å²) in [7, 11) is 0. The molecular formula is C12H14N4O2. The van der Waals surface area contributed by atoms with E-state index in [1.165, 1.54) is 6.20 Å². The lowest BCUT2D eigenvalue weighted by Crippen LogP contribution is -2.11. The molecule has 0 aromatic carbocycles. The first-order valence-electron chi connectivity index (χ1n) is 5.49. The molecule has 0 saturated heterocycles. The Morgan fingerprint density at radius 3 is 2.72 bits per heavy atom. The van der Waals surface area contributed by atoms with Crippen LogP contribution in [0.3, 0.4) is 0 Å². The van der Waals surface area contributed by atoms with Crippen molar-refractivity contribution in [1.29, 1.82) is 0 Å². The number of anilines is 1. The topological polar surface area (TPSA) is 94.0 Å². The third-order valence-electron chi connectivity index (χ3n) is 2.68. The maximum atomic E-state index is 10.9. The first-order chi connectivity index (χ1) is 8.58. The number of hydrogen-bond acceptors (Lipinski definition) is 5. The van der Waals surface area contributed by atoms with Gasteiger partial charge in [-0.2, -0.15) is 0 Å². The summed E-state index contributed by atoms with van der Waals surface area (Å²) in [5.41, 5.74) is 7.39. The van der Waals surface area contributed by atoms with E-state index in [9.17, 15) is 4.79 Å². The molecule has 2 aromatic rings. The van der Waals surface area contributed by atoms with Crippen molar-refractivity contribution in [3.8, 4) is 0 Å². The van der Waals surface area contributed by atoms with Crippen molar-refractivity contribution < 1.29 is 9.32 Å². The molecule has 0 fully saturated rings. The van der Waals surface area contributed by atoms with Crippen LogP contribution in [0.2, 0.25) is 0 Å². The van der Waals surface area contributed by atoms with Crippen LogP contribution in [-0.4, -0.2) is 16.0 Å². The number of hydrogen-bond donors (Lipinski definition) is 2. The van der Waals surface area contributed by atoms with Crippen LogP contribution in [0, 0.1) is 13.8 Å². The van der Waals surface area contributed by atoms with Gasteiger partial charge in [-0.1, -0.05) is 5.16 Å². The molecule has 6 heteroatoms. The molecule has 2 heterocycles. The monoisotopic (exact) mass is 246 g/mol. The number of nitrogens with two attached hydrogens (primary N) is 1. The number of amides is 1. The molecule has 0 bridgehead atoms. The van der Waals surface area contributed by atoms with E-state index in [1.807, 2.05) is 13.8 Å². The number of nitrogens with zero attached hydrogens (tertiary/aromatic N) is 2. The van der Waals surface area contributed by atoms with Gasteiger partial charge in [-0.05, 0) is 26.0 Å². The fraction of sp³-hybridized carbons (Fsp3) is 0.250. The molecule has 18 heavy (non-hydrogen) atoms. The summed E-state index contributed by atoms with van der Waals surface area (Å²) < 4.78 is 5.06. The van der Waals surface area contributed by atoms with Crippen molar-refractivity contribution in [1.82, 2.24) is 10.1 Å². The van der Waals surface area contributed by atoms with Crippen LogP contribution in [-0.2, 0) is 6.54 Å². The van der Waals surface area contributed by atoms with Gasteiger partial charge in [0, 0.05) is 18.3 Å². The number of carbonyl (C=O) groups is 1. The average Bonchev–Trinajstić information content (AvgIpc) is 2.67. The molecule has 0 aliphatic carbocycles. The highest BCUT2D eigenvalue weighted by Gasteiger charge is 2.08. The van der Waals surface area contributed by atoms with Gasteiger partial charge < -0.3 is 15.6 Å². The second-order valence-corrected chi connectivity index (χ2v) is 3.95. The summed E-state index contributed by atoms with van der Waals surface area (Å²) in [4.78, 5) is 15.0. The summed E-state index contributed by atoms with van der Waals surface area (Å²) in [5, 5.41) is 7.00. The van der Waals surface area contributed by atoms with Gasteiger partial charge >= 0.3 is 0 Å². The molecule has 0 unspecified atom stereocenters. The molecule has 2 rings (SSSR count). The van der Waals surface area contributed by atoms with Gasteiger partial charge in [0.2, 0.25) is 5.91 Å². The quantitative estimate of drug-likeness (QED) is 0.850. The third-order valence-corrected chi connectivity index (χ3v) is 2.68. The minimum absolute atomic E-state index is 0.387. The van der Waals surface area contributed by atoms with Crippen LogP contribution in [0.1, 0.15) is 27.4 Å². The Morgan fingerprint density at radius 1 is 1.44 bits per heavy atom.